The van der Waals surface area contributed by atoms with Crippen LogP contribution in [0.2, 0.25) is 0 Å². The van der Waals surface area contributed by atoms with Crippen LogP contribution in [-0.4, -0.2) is 42.5 Å². The van der Waals surface area contributed by atoms with Crippen LogP contribution in [0.25, 0.3) is 11.1 Å². The van der Waals surface area contributed by atoms with Crippen molar-refractivity contribution in [3.8, 4) is 0 Å². The second-order valence-electron chi connectivity index (χ2n) is 4.55. The quantitative estimate of drug-likeness (QED) is 0.890. The van der Waals surface area contributed by atoms with Crippen LogP contribution in [0.3, 0.4) is 0 Å². The molecule has 1 aromatic carbocycles. The van der Waals surface area contributed by atoms with Gasteiger partial charge in [0.2, 0.25) is 0 Å². The molecule has 5 heteroatoms. The number of nitrogens with zero attached hydrogens (tertiary/aromatic N) is 2. The van der Waals surface area contributed by atoms with Crippen molar-refractivity contribution in [2.24, 2.45) is 0 Å². The van der Waals surface area contributed by atoms with E-state index < -0.39 is 0 Å². The Morgan fingerprint density at radius 1 is 1.50 bits per heavy atom. The molecule has 1 fully saturated rings. The summed E-state index contributed by atoms with van der Waals surface area (Å²) >= 11 is 0. The number of hydrogen-bond donors (Lipinski definition) is 1. The maximum Gasteiger partial charge on any atom is 0.298 e. The maximum absolute atomic E-state index is 9.42. The van der Waals surface area contributed by atoms with Crippen molar-refractivity contribution < 1.29 is 14.3 Å². The Labute approximate surface area is 105 Å². The SMILES string of the molecule is CO[C@H]1C[C@@H](CO)N(c2nc3ccccc3o2)C1. The zero-order chi connectivity index (χ0) is 12.5. The molecule has 0 amide bonds. The predicted molar refractivity (Wildman–Crippen MR) is 67.6 cm³/mol. The van der Waals surface area contributed by atoms with E-state index in [0.717, 1.165) is 17.5 Å². The van der Waals surface area contributed by atoms with Gasteiger partial charge in [0.25, 0.3) is 6.01 Å². The third-order valence-corrected chi connectivity index (χ3v) is 3.45. The van der Waals surface area contributed by atoms with Crippen LogP contribution in [0, 0.1) is 0 Å². The lowest BCUT2D eigenvalue weighted by Crippen LogP contribution is -2.32. The minimum Gasteiger partial charge on any atom is -0.423 e. The Hall–Kier alpha value is -1.59. The lowest BCUT2D eigenvalue weighted by atomic mass is 10.2. The molecule has 1 N–H and O–H groups in total. The van der Waals surface area contributed by atoms with E-state index >= 15 is 0 Å². The smallest absolute Gasteiger partial charge is 0.298 e. The second-order valence-corrected chi connectivity index (χ2v) is 4.55. The molecule has 1 aliphatic rings. The first-order valence-corrected chi connectivity index (χ1v) is 6.07. The van der Waals surface area contributed by atoms with Gasteiger partial charge in [-0.2, -0.15) is 4.98 Å². The molecular formula is C13H16N2O3. The fraction of sp³-hybridized carbons (Fsp3) is 0.462. The third kappa shape index (κ3) is 1.85. The number of ether oxygens (including phenoxy) is 1. The highest BCUT2D eigenvalue weighted by atomic mass is 16.5. The van der Waals surface area contributed by atoms with Crippen LogP contribution < -0.4 is 4.90 Å². The molecule has 0 radical (unpaired) electrons. The van der Waals surface area contributed by atoms with Gasteiger partial charge in [0.05, 0.1) is 18.8 Å². The van der Waals surface area contributed by atoms with Crippen molar-refractivity contribution in [3.05, 3.63) is 24.3 Å². The van der Waals surface area contributed by atoms with E-state index in [2.05, 4.69) is 4.98 Å². The highest BCUT2D eigenvalue weighted by Gasteiger charge is 2.34. The number of benzene rings is 1. The zero-order valence-corrected chi connectivity index (χ0v) is 10.2. The number of anilines is 1. The Kier molecular flexibility index (Phi) is 2.93. The summed E-state index contributed by atoms with van der Waals surface area (Å²) in [5.74, 6) is 0. The Balaban J connectivity index is 1.93. The topological polar surface area (TPSA) is 58.7 Å². The molecule has 0 spiro atoms. The molecule has 1 aliphatic heterocycles. The Bertz CT molecular complexity index is 507. The Morgan fingerprint density at radius 2 is 2.33 bits per heavy atom. The Morgan fingerprint density at radius 3 is 3.06 bits per heavy atom. The summed E-state index contributed by atoms with van der Waals surface area (Å²) in [6, 6.07) is 8.24. The molecule has 2 heterocycles. The van der Waals surface area contributed by atoms with Crippen LogP contribution in [0.5, 0.6) is 0 Å². The monoisotopic (exact) mass is 248 g/mol. The van der Waals surface area contributed by atoms with Crippen LogP contribution in [0.4, 0.5) is 6.01 Å². The summed E-state index contributed by atoms with van der Waals surface area (Å²) in [6.07, 6.45) is 0.920. The zero-order valence-electron chi connectivity index (χ0n) is 10.2. The molecule has 2 atom stereocenters. The molecule has 0 aliphatic carbocycles. The molecule has 3 rings (SSSR count). The first kappa shape index (κ1) is 11.5. The molecule has 0 bridgehead atoms. The highest BCUT2D eigenvalue weighted by molar-refractivity contribution is 5.74. The summed E-state index contributed by atoms with van der Waals surface area (Å²) in [7, 11) is 1.69. The fourth-order valence-corrected chi connectivity index (χ4v) is 2.43. The molecule has 1 saturated heterocycles. The summed E-state index contributed by atoms with van der Waals surface area (Å²) in [4.78, 5) is 6.43. The van der Waals surface area contributed by atoms with Gasteiger partial charge in [-0.1, -0.05) is 12.1 Å². The summed E-state index contributed by atoms with van der Waals surface area (Å²) in [5, 5.41) is 9.42. The van der Waals surface area contributed by atoms with Gasteiger partial charge in [-0.25, -0.2) is 0 Å². The molecule has 96 valence electrons. The number of aromatic nitrogens is 1. The van der Waals surface area contributed by atoms with E-state index in [9.17, 15) is 5.11 Å². The van der Waals surface area contributed by atoms with Gasteiger partial charge in [0.1, 0.15) is 5.52 Å². The van der Waals surface area contributed by atoms with Gasteiger partial charge in [-0.05, 0) is 18.6 Å². The first-order valence-electron chi connectivity index (χ1n) is 6.07. The number of methoxy groups -OCH3 is 1. The van der Waals surface area contributed by atoms with Crippen LogP contribution in [0.1, 0.15) is 6.42 Å². The number of aliphatic hydroxyl groups is 1. The van der Waals surface area contributed by atoms with Gasteiger partial charge in [-0.15, -0.1) is 0 Å². The number of aliphatic hydroxyl groups excluding tert-OH is 1. The van der Waals surface area contributed by atoms with E-state index in [4.69, 9.17) is 9.15 Å². The van der Waals surface area contributed by atoms with E-state index in [1.54, 1.807) is 7.11 Å². The van der Waals surface area contributed by atoms with Gasteiger partial charge >= 0.3 is 0 Å². The second kappa shape index (κ2) is 4.59. The van der Waals surface area contributed by atoms with E-state index in [1.165, 1.54) is 0 Å². The van der Waals surface area contributed by atoms with E-state index in [1.807, 2.05) is 29.2 Å². The van der Waals surface area contributed by atoms with E-state index in [-0.39, 0.29) is 18.8 Å². The van der Waals surface area contributed by atoms with E-state index in [0.29, 0.717) is 12.6 Å². The average molecular weight is 248 g/mol. The number of para-hydroxylation sites is 2. The molecule has 2 aromatic rings. The standard InChI is InChI=1S/C13H16N2O3/c1-17-10-6-9(8-16)15(7-10)13-14-11-4-2-3-5-12(11)18-13/h2-5,9-10,16H,6-8H2,1H3/t9-,10-/m0/s1. The summed E-state index contributed by atoms with van der Waals surface area (Å²) in [6.45, 7) is 0.785. The molecule has 0 unspecified atom stereocenters. The number of hydrogen-bond acceptors (Lipinski definition) is 5. The van der Waals surface area contributed by atoms with Gasteiger partial charge < -0.3 is 19.2 Å². The van der Waals surface area contributed by atoms with Gasteiger partial charge in [0.15, 0.2) is 5.58 Å². The largest absolute Gasteiger partial charge is 0.423 e. The molecule has 18 heavy (non-hydrogen) atoms. The van der Waals surface area contributed by atoms with Crippen LogP contribution in [0.15, 0.2) is 28.7 Å². The van der Waals surface area contributed by atoms with Crippen molar-refractivity contribution in [2.45, 2.75) is 18.6 Å². The average Bonchev–Trinajstić information content (AvgIpc) is 3.01. The molecule has 1 aromatic heterocycles. The van der Waals surface area contributed by atoms with Crippen molar-refractivity contribution in [3.63, 3.8) is 0 Å². The lowest BCUT2D eigenvalue weighted by Gasteiger charge is -2.19. The third-order valence-electron chi connectivity index (χ3n) is 3.45. The van der Waals surface area contributed by atoms with Gasteiger partial charge in [-0.3, -0.25) is 0 Å². The number of oxazole rings is 1. The number of rotatable bonds is 3. The molecular weight excluding hydrogens is 232 g/mol. The number of fused-ring (bicyclic) bond motifs is 1. The fourth-order valence-electron chi connectivity index (χ4n) is 2.43. The normalized spacial score (nSPS) is 24.0. The van der Waals surface area contributed by atoms with Crippen LogP contribution >= 0.6 is 0 Å². The van der Waals surface area contributed by atoms with Crippen LogP contribution in [-0.2, 0) is 4.74 Å². The lowest BCUT2D eigenvalue weighted by molar-refractivity contribution is 0.115. The maximum atomic E-state index is 9.42. The highest BCUT2D eigenvalue weighted by Crippen LogP contribution is 2.29. The van der Waals surface area contributed by atoms with Crippen molar-refractivity contribution >= 4 is 17.1 Å². The van der Waals surface area contributed by atoms with Crippen molar-refractivity contribution in [1.29, 1.82) is 0 Å². The summed E-state index contributed by atoms with van der Waals surface area (Å²) < 4.78 is 11.1. The van der Waals surface area contributed by atoms with Crippen molar-refractivity contribution in [2.75, 3.05) is 25.2 Å². The first-order chi connectivity index (χ1) is 8.81. The summed E-state index contributed by atoms with van der Waals surface area (Å²) in [5.41, 5.74) is 1.61. The molecule has 0 saturated carbocycles. The van der Waals surface area contributed by atoms with Gasteiger partial charge in [0, 0.05) is 13.7 Å². The molecule has 5 nitrogen and oxygen atoms in total. The van der Waals surface area contributed by atoms with Crippen molar-refractivity contribution in [1.82, 2.24) is 4.98 Å². The predicted octanol–water partition coefficient (Wildman–Crippen LogP) is 1.41. The minimum absolute atomic E-state index is 0.0167. The minimum atomic E-state index is 0.0167.